The maximum atomic E-state index is 12.9. The number of halogens is 3. The van der Waals surface area contributed by atoms with Crippen LogP contribution in [0.25, 0.3) is 5.52 Å². The highest BCUT2D eigenvalue weighted by atomic mass is 19.4. The molecule has 2 amide bonds. The molecule has 0 aliphatic carbocycles. The van der Waals surface area contributed by atoms with Crippen LogP contribution >= 0.6 is 0 Å². The number of benzene rings is 1. The van der Waals surface area contributed by atoms with E-state index in [1.807, 2.05) is 6.07 Å². The van der Waals surface area contributed by atoms with Crippen LogP contribution in [0, 0.1) is 0 Å². The fourth-order valence-corrected chi connectivity index (χ4v) is 4.00. The Morgan fingerprint density at radius 1 is 1.19 bits per heavy atom. The molecule has 162 valence electrons. The van der Waals surface area contributed by atoms with Gasteiger partial charge in [-0.15, -0.1) is 0 Å². The van der Waals surface area contributed by atoms with E-state index < -0.39 is 17.6 Å². The molecule has 0 saturated carbocycles. The average Bonchev–Trinajstić information content (AvgIpc) is 3.36. The fourth-order valence-electron chi connectivity index (χ4n) is 4.00. The molecule has 1 saturated heterocycles. The second-order valence-electron chi connectivity index (χ2n) is 7.53. The van der Waals surface area contributed by atoms with Crippen molar-refractivity contribution >= 4 is 17.3 Å². The van der Waals surface area contributed by atoms with Gasteiger partial charge in [-0.2, -0.15) is 13.2 Å². The van der Waals surface area contributed by atoms with Crippen LogP contribution in [0.5, 0.6) is 0 Å². The molecule has 1 fully saturated rings. The Morgan fingerprint density at radius 2 is 2.00 bits per heavy atom. The number of hydrogen-bond acceptors (Lipinski definition) is 3. The van der Waals surface area contributed by atoms with Gasteiger partial charge in [0, 0.05) is 26.2 Å². The van der Waals surface area contributed by atoms with Crippen LogP contribution in [0.15, 0.2) is 48.7 Å². The van der Waals surface area contributed by atoms with E-state index in [4.69, 9.17) is 0 Å². The number of nitrogens with zero attached hydrogens (tertiary/aromatic N) is 3. The van der Waals surface area contributed by atoms with E-state index in [9.17, 15) is 22.8 Å². The quantitative estimate of drug-likeness (QED) is 0.681. The number of imidazole rings is 1. The molecule has 1 aliphatic rings. The van der Waals surface area contributed by atoms with Crippen LogP contribution in [-0.2, 0) is 17.5 Å². The van der Waals surface area contributed by atoms with Gasteiger partial charge in [-0.25, -0.2) is 4.98 Å². The molecule has 3 heterocycles. The Morgan fingerprint density at radius 3 is 2.74 bits per heavy atom. The van der Waals surface area contributed by atoms with Gasteiger partial charge in [-0.1, -0.05) is 18.2 Å². The maximum Gasteiger partial charge on any atom is 0.416 e. The number of hydrogen-bond donors (Lipinski definition) is 1. The first kappa shape index (κ1) is 20.9. The van der Waals surface area contributed by atoms with Gasteiger partial charge in [0.05, 0.1) is 17.1 Å². The first-order valence-corrected chi connectivity index (χ1v) is 9.94. The number of pyridine rings is 1. The Bertz CT molecular complexity index is 1140. The van der Waals surface area contributed by atoms with E-state index in [-0.39, 0.29) is 24.2 Å². The van der Waals surface area contributed by atoms with Gasteiger partial charge in [-0.05, 0) is 42.7 Å². The van der Waals surface area contributed by atoms with E-state index in [0.29, 0.717) is 23.4 Å². The van der Waals surface area contributed by atoms with Gasteiger partial charge < -0.3 is 14.6 Å². The Kier molecular flexibility index (Phi) is 5.43. The van der Waals surface area contributed by atoms with Crippen LogP contribution in [0.2, 0.25) is 0 Å². The van der Waals surface area contributed by atoms with Crippen molar-refractivity contribution in [3.05, 3.63) is 71.3 Å². The molecule has 3 aromatic rings. The Hall–Kier alpha value is -3.36. The molecule has 0 bridgehead atoms. The molecule has 4 rings (SSSR count). The highest BCUT2D eigenvalue weighted by Gasteiger charge is 2.33. The lowest BCUT2D eigenvalue weighted by atomic mass is 10.1. The van der Waals surface area contributed by atoms with Crippen molar-refractivity contribution in [3.63, 3.8) is 0 Å². The summed E-state index contributed by atoms with van der Waals surface area (Å²) in [6, 6.07) is 9.96. The van der Waals surface area contributed by atoms with Gasteiger partial charge in [0.25, 0.3) is 5.91 Å². The summed E-state index contributed by atoms with van der Waals surface area (Å²) < 4.78 is 40.5. The zero-order valence-corrected chi connectivity index (χ0v) is 16.8. The molecule has 0 spiro atoms. The van der Waals surface area contributed by atoms with Gasteiger partial charge in [0.2, 0.25) is 5.91 Å². The smallest absolute Gasteiger partial charge is 0.347 e. The Balaban J connectivity index is 1.60. The van der Waals surface area contributed by atoms with Crippen molar-refractivity contribution in [2.45, 2.75) is 38.5 Å². The third-order valence-electron chi connectivity index (χ3n) is 5.45. The predicted octanol–water partition coefficient (Wildman–Crippen LogP) is 3.97. The summed E-state index contributed by atoms with van der Waals surface area (Å²) in [5.74, 6) is 0.0676. The highest BCUT2D eigenvalue weighted by molar-refractivity contribution is 5.99. The molecule has 6 nitrogen and oxygen atoms in total. The van der Waals surface area contributed by atoms with Crippen molar-refractivity contribution in [3.8, 4) is 0 Å². The molecule has 1 aromatic carbocycles. The van der Waals surface area contributed by atoms with Crippen molar-refractivity contribution in [1.29, 1.82) is 0 Å². The van der Waals surface area contributed by atoms with Crippen LogP contribution < -0.4 is 5.32 Å². The molecule has 2 aromatic heterocycles. The van der Waals surface area contributed by atoms with E-state index in [1.165, 1.54) is 19.1 Å². The van der Waals surface area contributed by atoms with Crippen molar-refractivity contribution in [2.24, 2.45) is 0 Å². The topological polar surface area (TPSA) is 66.7 Å². The van der Waals surface area contributed by atoms with Crippen molar-refractivity contribution in [2.75, 3.05) is 6.54 Å². The van der Waals surface area contributed by atoms with Crippen molar-refractivity contribution in [1.82, 2.24) is 19.6 Å². The number of fused-ring (bicyclic) bond motifs is 1. The fraction of sp³-hybridized carbons (Fsp3) is 0.318. The lowest BCUT2D eigenvalue weighted by Crippen LogP contribution is -2.29. The van der Waals surface area contributed by atoms with Gasteiger partial charge in [0.1, 0.15) is 5.82 Å². The highest BCUT2D eigenvalue weighted by Crippen LogP contribution is 2.33. The number of carbonyl (C=O) groups excluding carboxylic acids is 2. The van der Waals surface area contributed by atoms with E-state index >= 15 is 0 Å². The minimum Gasteiger partial charge on any atom is -0.347 e. The second-order valence-corrected chi connectivity index (χ2v) is 7.53. The minimum atomic E-state index is -4.45. The summed E-state index contributed by atoms with van der Waals surface area (Å²) in [5, 5.41) is 2.66. The number of alkyl halides is 3. The summed E-state index contributed by atoms with van der Waals surface area (Å²) in [7, 11) is 0. The molecule has 1 N–H and O–H groups in total. The number of carbonyl (C=O) groups is 2. The summed E-state index contributed by atoms with van der Waals surface area (Å²) in [4.78, 5) is 31.2. The third kappa shape index (κ3) is 4.12. The Labute approximate surface area is 176 Å². The van der Waals surface area contributed by atoms with Gasteiger partial charge >= 0.3 is 6.18 Å². The monoisotopic (exact) mass is 430 g/mol. The number of rotatable bonds is 4. The maximum absolute atomic E-state index is 12.9. The molecule has 31 heavy (non-hydrogen) atoms. The normalized spacial score (nSPS) is 16.6. The third-order valence-corrected chi connectivity index (χ3v) is 5.45. The average molecular weight is 430 g/mol. The van der Waals surface area contributed by atoms with Crippen LogP contribution in [-0.4, -0.2) is 32.6 Å². The minimum absolute atomic E-state index is 0.0503. The zero-order chi connectivity index (χ0) is 22.2. The van der Waals surface area contributed by atoms with Gasteiger partial charge in [-0.3, -0.25) is 9.59 Å². The first-order chi connectivity index (χ1) is 14.8. The molecule has 9 heteroatoms. The van der Waals surface area contributed by atoms with E-state index in [2.05, 4.69) is 10.3 Å². The first-order valence-electron chi connectivity index (χ1n) is 9.94. The number of amides is 2. The molecule has 0 radical (unpaired) electrons. The molecule has 1 aliphatic heterocycles. The van der Waals surface area contributed by atoms with Crippen molar-refractivity contribution < 1.29 is 22.8 Å². The van der Waals surface area contributed by atoms with E-state index in [0.717, 1.165) is 25.0 Å². The number of nitrogens with one attached hydrogen (secondary N) is 1. The summed E-state index contributed by atoms with van der Waals surface area (Å²) in [5.41, 5.74) is 0.331. The summed E-state index contributed by atoms with van der Waals surface area (Å²) in [6.07, 6.45) is -1.06. The lowest BCUT2D eigenvalue weighted by Gasteiger charge is -2.22. The lowest BCUT2D eigenvalue weighted by molar-refractivity contribution is -0.137. The predicted molar refractivity (Wildman–Crippen MR) is 107 cm³/mol. The van der Waals surface area contributed by atoms with Crippen LogP contribution in [0.1, 0.15) is 53.2 Å². The van der Waals surface area contributed by atoms with E-state index in [1.54, 1.807) is 27.6 Å². The molecular weight excluding hydrogens is 409 g/mol. The summed E-state index contributed by atoms with van der Waals surface area (Å²) in [6.45, 7) is 2.09. The summed E-state index contributed by atoms with van der Waals surface area (Å²) >= 11 is 0. The molecule has 0 unspecified atom stereocenters. The molecular formula is C22H21F3N4O2. The van der Waals surface area contributed by atoms with Crippen LogP contribution in [0.3, 0.4) is 0 Å². The zero-order valence-electron chi connectivity index (χ0n) is 16.8. The molecule has 1 atom stereocenters. The second kappa shape index (κ2) is 8.05. The SMILES string of the molecule is CC(=O)N1CCC[C@H]1c1nc(C(=O)NCc2cccc(C(F)(F)F)c2)c2ccccn12. The van der Waals surface area contributed by atoms with Crippen LogP contribution in [0.4, 0.5) is 13.2 Å². The number of likely N-dealkylation sites (tertiary alicyclic amines) is 1. The largest absolute Gasteiger partial charge is 0.416 e. The van der Waals surface area contributed by atoms with Gasteiger partial charge in [0.15, 0.2) is 5.69 Å². The number of aromatic nitrogens is 2. The standard InChI is InChI=1S/C22H21F3N4O2/c1-14(30)28-11-5-9-18(28)20-27-19(17-8-2-3-10-29(17)20)21(31)26-13-15-6-4-7-16(12-15)22(23,24)25/h2-4,6-8,10,12,18H,5,9,11,13H2,1H3,(H,26,31)/t18-/m0/s1.